The fraction of sp³-hybridized carbons (Fsp3) is 0.263. The quantitative estimate of drug-likeness (QED) is 0.511. The summed E-state index contributed by atoms with van der Waals surface area (Å²) in [6.07, 6.45) is 9.76. The van der Waals surface area contributed by atoms with Crippen LogP contribution in [0.3, 0.4) is 0 Å². The number of thioether (sulfide) groups is 1. The van der Waals surface area contributed by atoms with E-state index in [0.29, 0.717) is 4.88 Å². The normalized spacial score (nSPS) is 14.4. The number of nitrogens with zero attached hydrogens (tertiary/aromatic N) is 1. The van der Waals surface area contributed by atoms with Crippen molar-refractivity contribution in [3.05, 3.63) is 40.2 Å². The van der Waals surface area contributed by atoms with Gasteiger partial charge >= 0.3 is 5.97 Å². The van der Waals surface area contributed by atoms with E-state index in [1.165, 1.54) is 16.9 Å². The van der Waals surface area contributed by atoms with Crippen LogP contribution < -0.4 is 0 Å². The number of aromatic carboxylic acids is 1. The predicted molar refractivity (Wildman–Crippen MR) is 109 cm³/mol. The van der Waals surface area contributed by atoms with Crippen LogP contribution in [0.4, 0.5) is 0 Å². The zero-order valence-electron chi connectivity index (χ0n) is 13.7. The number of allylic oxidation sites excluding steroid dienone is 4. The lowest BCUT2D eigenvalue weighted by Gasteiger charge is -2.02. The van der Waals surface area contributed by atoms with Crippen LogP contribution >= 0.6 is 34.4 Å². The minimum atomic E-state index is -0.855. The standard InChI is InChI=1S/C19H17NO2S3/c1-2-10-23-19-14-12(16(25-19)18(21)22)8-9-13-15(14)20-17(24-13)11-6-4-3-5-7-11/h4,6-9H,2-3,5,10H2,1H3,(H,21,22). The maximum absolute atomic E-state index is 11.7. The molecule has 0 bridgehead atoms. The van der Waals surface area contributed by atoms with Gasteiger partial charge < -0.3 is 5.11 Å². The Morgan fingerprint density at radius 3 is 2.92 bits per heavy atom. The molecule has 0 atom stereocenters. The van der Waals surface area contributed by atoms with E-state index in [9.17, 15) is 9.90 Å². The van der Waals surface area contributed by atoms with Gasteiger partial charge in [-0.15, -0.1) is 34.4 Å². The smallest absolute Gasteiger partial charge is 0.346 e. The third-order valence-corrected chi connectivity index (χ3v) is 7.82. The molecule has 1 N–H and O–H groups in total. The number of benzene rings is 1. The molecule has 0 unspecified atom stereocenters. The molecule has 6 heteroatoms. The number of aromatic nitrogens is 1. The number of hydrogen-bond acceptors (Lipinski definition) is 5. The van der Waals surface area contributed by atoms with Crippen molar-refractivity contribution in [2.75, 3.05) is 5.75 Å². The van der Waals surface area contributed by atoms with E-state index in [-0.39, 0.29) is 0 Å². The first-order chi connectivity index (χ1) is 12.2. The monoisotopic (exact) mass is 387 g/mol. The van der Waals surface area contributed by atoms with Gasteiger partial charge in [-0.3, -0.25) is 0 Å². The van der Waals surface area contributed by atoms with Gasteiger partial charge in [0.1, 0.15) is 9.88 Å². The molecule has 128 valence electrons. The molecule has 0 radical (unpaired) electrons. The lowest BCUT2D eigenvalue weighted by atomic mass is 10.1. The molecule has 1 aliphatic carbocycles. The number of carboxylic acid groups (broad SMARTS) is 1. The molecule has 3 aromatic rings. The van der Waals surface area contributed by atoms with Crippen LogP contribution in [0.2, 0.25) is 0 Å². The summed E-state index contributed by atoms with van der Waals surface area (Å²) in [5, 5.41) is 12.4. The van der Waals surface area contributed by atoms with Crippen molar-refractivity contribution in [1.82, 2.24) is 4.98 Å². The highest BCUT2D eigenvalue weighted by Crippen LogP contribution is 2.44. The summed E-state index contributed by atoms with van der Waals surface area (Å²) in [6.45, 7) is 2.14. The maximum Gasteiger partial charge on any atom is 0.346 e. The predicted octanol–water partition coefficient (Wildman–Crippen LogP) is 6.44. The minimum absolute atomic E-state index is 0.418. The summed E-state index contributed by atoms with van der Waals surface area (Å²) in [5.41, 5.74) is 2.12. The van der Waals surface area contributed by atoms with E-state index < -0.39 is 5.97 Å². The van der Waals surface area contributed by atoms with E-state index in [1.807, 2.05) is 12.1 Å². The topological polar surface area (TPSA) is 50.2 Å². The number of fused-ring (bicyclic) bond motifs is 3. The molecule has 2 aromatic heterocycles. The Kier molecular flexibility index (Phi) is 4.67. The van der Waals surface area contributed by atoms with Gasteiger partial charge in [-0.25, -0.2) is 9.78 Å². The van der Waals surface area contributed by atoms with Gasteiger partial charge in [0.25, 0.3) is 0 Å². The number of carbonyl (C=O) groups is 1. The first-order valence-corrected chi connectivity index (χ1v) is 10.9. The Labute approximate surface area is 158 Å². The Hall–Kier alpha value is -1.63. The Bertz CT molecular complexity index is 1030. The first kappa shape index (κ1) is 16.8. The van der Waals surface area contributed by atoms with Gasteiger partial charge in [0, 0.05) is 16.3 Å². The molecular formula is C19H17NO2S3. The average molecular weight is 388 g/mol. The van der Waals surface area contributed by atoms with Gasteiger partial charge in [-0.05, 0) is 31.1 Å². The third kappa shape index (κ3) is 3.03. The van der Waals surface area contributed by atoms with Crippen molar-refractivity contribution >= 4 is 67.0 Å². The van der Waals surface area contributed by atoms with Crippen LogP contribution in [-0.4, -0.2) is 21.8 Å². The molecule has 0 saturated carbocycles. The fourth-order valence-electron chi connectivity index (χ4n) is 2.94. The second-order valence-corrected chi connectivity index (χ2v) is 9.28. The van der Waals surface area contributed by atoms with E-state index >= 15 is 0 Å². The van der Waals surface area contributed by atoms with Crippen LogP contribution in [-0.2, 0) is 0 Å². The fourth-order valence-corrected chi connectivity index (χ4v) is 6.27. The van der Waals surface area contributed by atoms with Gasteiger partial charge in [-0.2, -0.15) is 0 Å². The number of hydrogen-bond donors (Lipinski definition) is 1. The van der Waals surface area contributed by atoms with Gasteiger partial charge in [-0.1, -0.05) is 31.2 Å². The van der Waals surface area contributed by atoms with Gasteiger partial charge in [0.15, 0.2) is 0 Å². The molecule has 1 aliphatic rings. The first-order valence-electron chi connectivity index (χ1n) is 8.28. The van der Waals surface area contributed by atoms with E-state index in [4.69, 9.17) is 4.98 Å². The van der Waals surface area contributed by atoms with E-state index in [2.05, 4.69) is 25.2 Å². The second-order valence-electron chi connectivity index (χ2n) is 5.87. The summed E-state index contributed by atoms with van der Waals surface area (Å²) in [6, 6.07) is 3.96. The SMILES string of the molecule is CCCSc1sc(C(=O)O)c2ccc3sc(C4=CCCC=C4)nc3c12. The van der Waals surface area contributed by atoms with Crippen LogP contribution in [0.1, 0.15) is 40.9 Å². The maximum atomic E-state index is 11.7. The Balaban J connectivity index is 1.94. The van der Waals surface area contributed by atoms with E-state index in [1.54, 1.807) is 23.1 Å². The number of carboxylic acids is 1. The van der Waals surface area contributed by atoms with Crippen molar-refractivity contribution < 1.29 is 9.90 Å². The highest BCUT2D eigenvalue weighted by molar-refractivity contribution is 8.01. The Morgan fingerprint density at radius 2 is 2.20 bits per heavy atom. The lowest BCUT2D eigenvalue weighted by Crippen LogP contribution is -1.91. The van der Waals surface area contributed by atoms with Gasteiger partial charge in [0.2, 0.25) is 0 Å². The van der Waals surface area contributed by atoms with Crippen LogP contribution in [0.15, 0.2) is 34.6 Å². The van der Waals surface area contributed by atoms with Crippen LogP contribution in [0.5, 0.6) is 0 Å². The molecule has 0 fully saturated rings. The number of thiazole rings is 1. The summed E-state index contributed by atoms with van der Waals surface area (Å²) >= 11 is 4.81. The largest absolute Gasteiger partial charge is 0.477 e. The Morgan fingerprint density at radius 1 is 1.32 bits per heavy atom. The molecular weight excluding hydrogens is 370 g/mol. The molecule has 0 saturated heterocycles. The summed E-state index contributed by atoms with van der Waals surface area (Å²) in [7, 11) is 0. The number of thiophene rings is 1. The average Bonchev–Trinajstić information content (AvgIpc) is 3.22. The van der Waals surface area contributed by atoms with Crippen molar-refractivity contribution in [3.8, 4) is 0 Å². The lowest BCUT2D eigenvalue weighted by molar-refractivity contribution is 0.0704. The van der Waals surface area contributed by atoms with Crippen LogP contribution in [0.25, 0.3) is 26.6 Å². The zero-order chi connectivity index (χ0) is 17.4. The van der Waals surface area contributed by atoms with Gasteiger partial charge in [0.05, 0.1) is 14.4 Å². The summed E-state index contributed by atoms with van der Waals surface area (Å²) in [5.74, 6) is 0.127. The van der Waals surface area contributed by atoms with Crippen molar-refractivity contribution in [2.24, 2.45) is 0 Å². The zero-order valence-corrected chi connectivity index (χ0v) is 16.2. The van der Waals surface area contributed by atoms with Crippen molar-refractivity contribution in [3.63, 3.8) is 0 Å². The second kappa shape index (κ2) is 6.94. The molecule has 3 nitrogen and oxygen atoms in total. The highest BCUT2D eigenvalue weighted by atomic mass is 32.2. The molecule has 0 amide bonds. The molecule has 0 aliphatic heterocycles. The third-order valence-electron chi connectivity index (χ3n) is 4.08. The highest BCUT2D eigenvalue weighted by Gasteiger charge is 2.21. The van der Waals surface area contributed by atoms with Crippen molar-refractivity contribution in [2.45, 2.75) is 30.4 Å². The molecule has 25 heavy (non-hydrogen) atoms. The molecule has 4 rings (SSSR count). The summed E-state index contributed by atoms with van der Waals surface area (Å²) in [4.78, 5) is 17.0. The minimum Gasteiger partial charge on any atom is -0.477 e. The summed E-state index contributed by atoms with van der Waals surface area (Å²) < 4.78 is 2.19. The number of rotatable bonds is 5. The molecule has 2 heterocycles. The van der Waals surface area contributed by atoms with Crippen LogP contribution in [0, 0.1) is 0 Å². The molecule has 0 spiro atoms. The molecule has 1 aromatic carbocycles. The van der Waals surface area contributed by atoms with E-state index in [0.717, 1.165) is 55.2 Å². The van der Waals surface area contributed by atoms with Crippen molar-refractivity contribution in [1.29, 1.82) is 0 Å².